The van der Waals surface area contributed by atoms with Crippen molar-refractivity contribution in [3.8, 4) is 5.75 Å². The molecule has 4 amide bonds. The molecular formula is C24H15BrCl2N2O4. The number of rotatable bonds is 5. The number of ether oxygens (including phenoxy) is 1. The summed E-state index contributed by atoms with van der Waals surface area (Å²) in [5.74, 6) is -1.08. The quantitative estimate of drug-likeness (QED) is 0.315. The molecule has 166 valence electrons. The number of carbonyl (C=O) groups is 3. The number of nitrogens with one attached hydrogen (secondary N) is 1. The smallest absolute Gasteiger partial charge is 0.335 e. The van der Waals surface area contributed by atoms with E-state index in [9.17, 15) is 14.4 Å². The predicted molar refractivity (Wildman–Crippen MR) is 130 cm³/mol. The average Bonchev–Trinajstić information content (AvgIpc) is 2.77. The van der Waals surface area contributed by atoms with Gasteiger partial charge < -0.3 is 4.74 Å². The molecular weight excluding hydrogens is 531 g/mol. The van der Waals surface area contributed by atoms with E-state index >= 15 is 0 Å². The Bertz CT molecular complexity index is 1290. The molecule has 0 unspecified atom stereocenters. The molecule has 1 aliphatic rings. The van der Waals surface area contributed by atoms with Crippen LogP contribution in [0, 0.1) is 0 Å². The molecule has 3 aromatic carbocycles. The van der Waals surface area contributed by atoms with E-state index in [-0.39, 0.29) is 12.2 Å². The van der Waals surface area contributed by atoms with Gasteiger partial charge >= 0.3 is 6.03 Å². The second-order valence-electron chi connectivity index (χ2n) is 7.04. The highest BCUT2D eigenvalue weighted by molar-refractivity contribution is 9.10. The molecule has 4 rings (SSSR count). The van der Waals surface area contributed by atoms with Crippen molar-refractivity contribution in [1.82, 2.24) is 5.32 Å². The zero-order valence-electron chi connectivity index (χ0n) is 16.8. The second kappa shape index (κ2) is 9.79. The zero-order valence-corrected chi connectivity index (χ0v) is 19.9. The van der Waals surface area contributed by atoms with Crippen molar-refractivity contribution < 1.29 is 19.1 Å². The lowest BCUT2D eigenvalue weighted by Crippen LogP contribution is -2.54. The molecule has 33 heavy (non-hydrogen) atoms. The Morgan fingerprint density at radius 3 is 2.42 bits per heavy atom. The van der Waals surface area contributed by atoms with Crippen LogP contribution in [0.2, 0.25) is 10.0 Å². The van der Waals surface area contributed by atoms with Crippen LogP contribution in [0.25, 0.3) is 6.08 Å². The highest BCUT2D eigenvalue weighted by Crippen LogP contribution is 2.29. The third-order valence-corrected chi connectivity index (χ3v) is 5.80. The molecule has 0 bridgehead atoms. The van der Waals surface area contributed by atoms with Crippen molar-refractivity contribution in [2.75, 3.05) is 4.90 Å². The maximum Gasteiger partial charge on any atom is 0.335 e. The fourth-order valence-corrected chi connectivity index (χ4v) is 3.88. The Balaban J connectivity index is 1.56. The topological polar surface area (TPSA) is 75.7 Å². The first-order valence-electron chi connectivity index (χ1n) is 9.65. The number of carbonyl (C=O) groups excluding carboxylic acids is 3. The Hall–Kier alpha value is -3.13. The molecule has 0 radical (unpaired) electrons. The summed E-state index contributed by atoms with van der Waals surface area (Å²) in [6.07, 6.45) is 1.38. The van der Waals surface area contributed by atoms with E-state index in [0.717, 1.165) is 14.9 Å². The highest BCUT2D eigenvalue weighted by atomic mass is 79.9. The third kappa shape index (κ3) is 5.27. The number of amides is 4. The second-order valence-corrected chi connectivity index (χ2v) is 8.80. The van der Waals surface area contributed by atoms with E-state index < -0.39 is 17.8 Å². The summed E-state index contributed by atoms with van der Waals surface area (Å²) in [6, 6.07) is 17.9. The van der Waals surface area contributed by atoms with Gasteiger partial charge in [0.15, 0.2) is 0 Å². The van der Waals surface area contributed by atoms with Crippen molar-refractivity contribution in [3.05, 3.63) is 97.9 Å². The first kappa shape index (κ1) is 23.0. The summed E-state index contributed by atoms with van der Waals surface area (Å²) in [5.41, 5.74) is 1.52. The minimum Gasteiger partial charge on any atom is -0.487 e. The number of hydrogen-bond acceptors (Lipinski definition) is 4. The molecule has 1 N–H and O–H groups in total. The number of barbiturate groups is 1. The summed E-state index contributed by atoms with van der Waals surface area (Å²) in [6.45, 7) is 0.270. The van der Waals surface area contributed by atoms with Crippen LogP contribution in [-0.4, -0.2) is 17.8 Å². The molecule has 9 heteroatoms. The molecule has 1 heterocycles. The summed E-state index contributed by atoms with van der Waals surface area (Å²) >= 11 is 15.6. The summed E-state index contributed by atoms with van der Waals surface area (Å²) in [7, 11) is 0. The Kier molecular flexibility index (Phi) is 6.83. The van der Waals surface area contributed by atoms with Gasteiger partial charge in [0, 0.05) is 9.50 Å². The molecule has 1 saturated heterocycles. The van der Waals surface area contributed by atoms with Crippen LogP contribution in [0.4, 0.5) is 10.5 Å². The fourth-order valence-electron chi connectivity index (χ4n) is 3.16. The SMILES string of the molecule is O=C1NC(=O)N(c2ccc(Br)cc2)C(=O)/C1=C/c1ccc(OCc2cccc(Cl)c2)c(Cl)c1. The van der Waals surface area contributed by atoms with Gasteiger partial charge in [-0.15, -0.1) is 0 Å². The monoisotopic (exact) mass is 544 g/mol. The highest BCUT2D eigenvalue weighted by Gasteiger charge is 2.36. The normalized spacial score (nSPS) is 15.1. The molecule has 1 aliphatic heterocycles. The van der Waals surface area contributed by atoms with Crippen LogP contribution >= 0.6 is 39.1 Å². The molecule has 0 saturated carbocycles. The lowest BCUT2D eigenvalue weighted by molar-refractivity contribution is -0.122. The summed E-state index contributed by atoms with van der Waals surface area (Å²) in [5, 5.41) is 3.10. The van der Waals surface area contributed by atoms with Crippen molar-refractivity contribution in [3.63, 3.8) is 0 Å². The molecule has 6 nitrogen and oxygen atoms in total. The molecule has 0 aliphatic carbocycles. The first-order chi connectivity index (χ1) is 15.8. The third-order valence-electron chi connectivity index (χ3n) is 4.74. The van der Waals surface area contributed by atoms with Gasteiger partial charge in [-0.3, -0.25) is 14.9 Å². The van der Waals surface area contributed by atoms with Gasteiger partial charge in [-0.25, -0.2) is 9.69 Å². The molecule has 1 fully saturated rings. The molecule has 0 spiro atoms. The number of imide groups is 2. The number of anilines is 1. The largest absolute Gasteiger partial charge is 0.487 e. The Morgan fingerprint density at radius 2 is 1.73 bits per heavy atom. The summed E-state index contributed by atoms with van der Waals surface area (Å²) < 4.78 is 6.54. The van der Waals surface area contributed by atoms with Gasteiger partial charge in [-0.2, -0.15) is 0 Å². The number of nitrogens with zero attached hydrogens (tertiary/aromatic N) is 1. The van der Waals surface area contributed by atoms with E-state index in [1.807, 2.05) is 12.1 Å². The van der Waals surface area contributed by atoms with E-state index in [2.05, 4.69) is 21.2 Å². The molecule has 0 atom stereocenters. The minimum absolute atomic E-state index is 0.193. The number of urea groups is 1. The first-order valence-corrected chi connectivity index (χ1v) is 11.2. The van der Waals surface area contributed by atoms with E-state index in [0.29, 0.717) is 27.0 Å². The maximum absolute atomic E-state index is 13.0. The average molecular weight is 546 g/mol. The lowest BCUT2D eigenvalue weighted by atomic mass is 10.1. The van der Waals surface area contributed by atoms with Crippen LogP contribution in [0.3, 0.4) is 0 Å². The van der Waals surface area contributed by atoms with Gasteiger partial charge in [0.2, 0.25) is 0 Å². The Labute approximate surface area is 207 Å². The van der Waals surface area contributed by atoms with Crippen LogP contribution in [0.5, 0.6) is 5.75 Å². The number of halogens is 3. The van der Waals surface area contributed by atoms with Crippen molar-refractivity contribution in [1.29, 1.82) is 0 Å². The molecule has 3 aromatic rings. The van der Waals surface area contributed by atoms with Crippen LogP contribution in [0.1, 0.15) is 11.1 Å². The minimum atomic E-state index is -0.813. The predicted octanol–water partition coefficient (Wildman–Crippen LogP) is 6.00. The molecule has 0 aromatic heterocycles. The van der Waals surface area contributed by atoms with Gasteiger partial charge in [-0.05, 0) is 65.7 Å². The number of hydrogen-bond donors (Lipinski definition) is 1. The van der Waals surface area contributed by atoms with E-state index in [4.69, 9.17) is 27.9 Å². The van der Waals surface area contributed by atoms with Crippen LogP contribution in [-0.2, 0) is 16.2 Å². The van der Waals surface area contributed by atoms with Gasteiger partial charge in [0.1, 0.15) is 17.9 Å². The lowest BCUT2D eigenvalue weighted by Gasteiger charge is -2.26. The van der Waals surface area contributed by atoms with E-state index in [1.54, 1.807) is 54.6 Å². The van der Waals surface area contributed by atoms with Gasteiger partial charge in [0.05, 0.1) is 10.7 Å². The van der Waals surface area contributed by atoms with E-state index in [1.165, 1.54) is 6.08 Å². The fraction of sp³-hybridized carbons (Fsp3) is 0.0417. The summed E-state index contributed by atoms with van der Waals surface area (Å²) in [4.78, 5) is 38.5. The van der Waals surface area contributed by atoms with Gasteiger partial charge in [-0.1, -0.05) is 57.3 Å². The van der Waals surface area contributed by atoms with Crippen molar-refractivity contribution >= 4 is 68.7 Å². The zero-order chi connectivity index (χ0) is 23.5. The van der Waals surface area contributed by atoms with Crippen molar-refractivity contribution in [2.45, 2.75) is 6.61 Å². The van der Waals surface area contributed by atoms with Crippen molar-refractivity contribution in [2.24, 2.45) is 0 Å². The number of benzene rings is 3. The Morgan fingerprint density at radius 1 is 0.970 bits per heavy atom. The van der Waals surface area contributed by atoms with Crippen LogP contribution < -0.4 is 15.0 Å². The van der Waals surface area contributed by atoms with Gasteiger partial charge in [0.25, 0.3) is 11.8 Å². The standard InChI is InChI=1S/C24H15BrCl2N2O4/c25-16-5-7-18(8-6-16)29-23(31)19(22(30)28-24(29)32)11-14-4-9-21(20(27)12-14)33-13-15-2-1-3-17(26)10-15/h1-12H,13H2,(H,28,30,32)/b19-11+. The van der Waals surface area contributed by atoms with Crippen LogP contribution in [0.15, 0.2) is 76.8 Å². The maximum atomic E-state index is 13.0.